The van der Waals surface area contributed by atoms with Gasteiger partial charge in [0, 0.05) is 29.8 Å². The Morgan fingerprint density at radius 2 is 2.00 bits per heavy atom. The predicted molar refractivity (Wildman–Crippen MR) is 98.2 cm³/mol. The average molecular weight is 390 g/mol. The molecular weight excluding hydrogens is 370 g/mol. The van der Waals surface area contributed by atoms with Crippen LogP contribution in [-0.2, 0) is 0 Å². The highest BCUT2D eigenvalue weighted by Crippen LogP contribution is 2.22. The second kappa shape index (κ2) is 8.59. The first-order valence-corrected chi connectivity index (χ1v) is 8.59. The van der Waals surface area contributed by atoms with Crippen LogP contribution in [0.25, 0.3) is 0 Å². The highest BCUT2D eigenvalue weighted by atomic mass is 79.9. The number of hydrogen-bond donors (Lipinski definition) is 1. The summed E-state index contributed by atoms with van der Waals surface area (Å²) in [6.07, 6.45) is 3.43. The fourth-order valence-corrected chi connectivity index (χ4v) is 2.52. The molecule has 0 atom stereocenters. The maximum Gasteiger partial charge on any atom is 0.272 e. The van der Waals surface area contributed by atoms with Crippen molar-refractivity contribution in [3.63, 3.8) is 0 Å². The van der Waals surface area contributed by atoms with Crippen LogP contribution in [0.15, 0.2) is 47.1 Å². The smallest absolute Gasteiger partial charge is 0.272 e. The Balaban J connectivity index is 2.13. The average Bonchev–Trinajstić information content (AvgIpc) is 2.61. The monoisotopic (exact) mass is 389 g/mol. The summed E-state index contributed by atoms with van der Waals surface area (Å²) in [6.45, 7) is 2.74. The summed E-state index contributed by atoms with van der Waals surface area (Å²) in [6, 6.07) is 10.5. The molecule has 24 heavy (non-hydrogen) atoms. The lowest BCUT2D eigenvalue weighted by molar-refractivity contribution is 0.0787. The number of carbonyl (C=O) groups is 2. The molecule has 1 aromatic heterocycles. The maximum absolute atomic E-state index is 12.4. The molecule has 0 aliphatic carbocycles. The van der Waals surface area contributed by atoms with Gasteiger partial charge in [0.2, 0.25) is 0 Å². The molecule has 0 spiro atoms. The molecule has 5 nitrogen and oxygen atoms in total. The van der Waals surface area contributed by atoms with Gasteiger partial charge in [0.05, 0.1) is 5.69 Å². The number of benzene rings is 1. The maximum atomic E-state index is 12.4. The van der Waals surface area contributed by atoms with Crippen LogP contribution in [0.2, 0.25) is 0 Å². The summed E-state index contributed by atoms with van der Waals surface area (Å²) in [5.41, 5.74) is 1.34. The van der Waals surface area contributed by atoms with Crippen molar-refractivity contribution in [1.82, 2.24) is 9.88 Å². The summed E-state index contributed by atoms with van der Waals surface area (Å²) < 4.78 is 0.794. The van der Waals surface area contributed by atoms with Gasteiger partial charge in [0.25, 0.3) is 11.8 Å². The number of rotatable bonds is 6. The van der Waals surface area contributed by atoms with Crippen LogP contribution >= 0.6 is 15.9 Å². The first kappa shape index (κ1) is 18.1. The van der Waals surface area contributed by atoms with E-state index < -0.39 is 0 Å². The van der Waals surface area contributed by atoms with Gasteiger partial charge in [-0.1, -0.05) is 25.5 Å². The fraction of sp³-hybridized carbons (Fsp3) is 0.278. The van der Waals surface area contributed by atoms with Gasteiger partial charge in [-0.25, -0.2) is 0 Å². The molecule has 2 aromatic rings. The summed E-state index contributed by atoms with van der Waals surface area (Å²) in [4.78, 5) is 30.5. The zero-order chi connectivity index (χ0) is 17.5. The quantitative estimate of drug-likeness (QED) is 0.812. The molecule has 0 unspecified atom stereocenters. The number of para-hydroxylation sites is 1. The standard InChI is InChI=1S/C18H20BrN3O2/c1-3-4-11-22(2)18(24)16-12-13(9-10-20-16)17(23)21-15-8-6-5-7-14(15)19/h5-10,12H,3-4,11H2,1-2H3,(H,21,23). The fourth-order valence-electron chi connectivity index (χ4n) is 2.14. The van der Waals surface area contributed by atoms with Crippen molar-refractivity contribution in [3.05, 3.63) is 58.3 Å². The molecule has 6 heteroatoms. The topological polar surface area (TPSA) is 62.3 Å². The molecule has 1 aromatic carbocycles. The Morgan fingerprint density at radius 3 is 2.71 bits per heavy atom. The van der Waals surface area contributed by atoms with Crippen molar-refractivity contribution in [2.24, 2.45) is 0 Å². The van der Waals surface area contributed by atoms with Gasteiger partial charge in [-0.2, -0.15) is 0 Å². The second-order valence-electron chi connectivity index (χ2n) is 5.44. The van der Waals surface area contributed by atoms with Crippen molar-refractivity contribution in [2.45, 2.75) is 19.8 Å². The summed E-state index contributed by atoms with van der Waals surface area (Å²) in [5.74, 6) is -0.464. The van der Waals surface area contributed by atoms with E-state index in [9.17, 15) is 9.59 Å². The lowest BCUT2D eigenvalue weighted by Gasteiger charge is -2.16. The normalized spacial score (nSPS) is 10.3. The van der Waals surface area contributed by atoms with Crippen molar-refractivity contribution in [1.29, 1.82) is 0 Å². The van der Waals surface area contributed by atoms with Gasteiger partial charge in [0.1, 0.15) is 5.69 Å². The molecule has 1 N–H and O–H groups in total. The van der Waals surface area contributed by atoms with E-state index in [1.54, 1.807) is 24.1 Å². The van der Waals surface area contributed by atoms with Crippen LogP contribution < -0.4 is 5.32 Å². The second-order valence-corrected chi connectivity index (χ2v) is 6.30. The van der Waals surface area contributed by atoms with Gasteiger partial charge in [-0.05, 0) is 46.6 Å². The van der Waals surface area contributed by atoms with E-state index in [0.717, 1.165) is 17.3 Å². The number of amides is 2. The largest absolute Gasteiger partial charge is 0.340 e. The van der Waals surface area contributed by atoms with Crippen LogP contribution in [0.4, 0.5) is 5.69 Å². The zero-order valence-electron chi connectivity index (χ0n) is 13.8. The predicted octanol–water partition coefficient (Wildman–Crippen LogP) is 3.97. The number of halogens is 1. The summed E-state index contributed by atoms with van der Waals surface area (Å²) in [7, 11) is 1.74. The summed E-state index contributed by atoms with van der Waals surface area (Å²) in [5, 5.41) is 2.82. The number of nitrogens with one attached hydrogen (secondary N) is 1. The summed E-state index contributed by atoms with van der Waals surface area (Å²) >= 11 is 3.39. The molecular formula is C18H20BrN3O2. The van der Waals surface area contributed by atoms with E-state index in [-0.39, 0.29) is 17.5 Å². The lowest BCUT2D eigenvalue weighted by Crippen LogP contribution is -2.28. The van der Waals surface area contributed by atoms with Crippen LogP contribution in [0, 0.1) is 0 Å². The number of aromatic nitrogens is 1. The molecule has 2 amide bonds. The van der Waals surface area contributed by atoms with Crippen molar-refractivity contribution >= 4 is 33.4 Å². The zero-order valence-corrected chi connectivity index (χ0v) is 15.3. The Hall–Kier alpha value is -2.21. The molecule has 0 aliphatic heterocycles. The van der Waals surface area contributed by atoms with Gasteiger partial charge < -0.3 is 10.2 Å². The third kappa shape index (κ3) is 4.64. The third-order valence-corrected chi connectivity index (χ3v) is 4.25. The SMILES string of the molecule is CCCCN(C)C(=O)c1cc(C(=O)Nc2ccccc2Br)ccn1. The van der Waals surface area contributed by atoms with Gasteiger partial charge in [-0.3, -0.25) is 14.6 Å². The van der Waals surface area contributed by atoms with Gasteiger partial charge in [0.15, 0.2) is 0 Å². The molecule has 2 rings (SSSR count). The van der Waals surface area contributed by atoms with Crippen LogP contribution in [0.1, 0.15) is 40.6 Å². The molecule has 1 heterocycles. The minimum absolute atomic E-state index is 0.181. The van der Waals surface area contributed by atoms with E-state index in [0.29, 0.717) is 17.8 Å². The highest BCUT2D eigenvalue weighted by molar-refractivity contribution is 9.10. The number of nitrogens with zero attached hydrogens (tertiary/aromatic N) is 2. The number of pyridine rings is 1. The molecule has 0 radical (unpaired) electrons. The van der Waals surface area contributed by atoms with E-state index in [4.69, 9.17) is 0 Å². The Morgan fingerprint density at radius 1 is 1.25 bits per heavy atom. The lowest BCUT2D eigenvalue weighted by atomic mass is 10.2. The third-order valence-electron chi connectivity index (χ3n) is 3.56. The van der Waals surface area contributed by atoms with Crippen LogP contribution in [-0.4, -0.2) is 35.3 Å². The Kier molecular flexibility index (Phi) is 6.49. The van der Waals surface area contributed by atoms with E-state index in [2.05, 4.69) is 33.2 Å². The number of hydrogen-bond acceptors (Lipinski definition) is 3. The van der Waals surface area contributed by atoms with Crippen LogP contribution in [0.5, 0.6) is 0 Å². The van der Waals surface area contributed by atoms with Crippen LogP contribution in [0.3, 0.4) is 0 Å². The van der Waals surface area contributed by atoms with Crippen molar-refractivity contribution < 1.29 is 9.59 Å². The molecule has 0 saturated carbocycles. The Labute approximate surface area is 150 Å². The van der Waals surface area contributed by atoms with Crippen molar-refractivity contribution in [3.8, 4) is 0 Å². The number of unbranched alkanes of at least 4 members (excludes halogenated alkanes) is 1. The highest BCUT2D eigenvalue weighted by Gasteiger charge is 2.15. The van der Waals surface area contributed by atoms with E-state index in [1.165, 1.54) is 12.3 Å². The molecule has 126 valence electrons. The molecule has 0 bridgehead atoms. The first-order chi connectivity index (χ1) is 11.5. The number of anilines is 1. The van der Waals surface area contributed by atoms with Gasteiger partial charge >= 0.3 is 0 Å². The molecule has 0 saturated heterocycles. The Bertz CT molecular complexity index is 734. The van der Waals surface area contributed by atoms with Gasteiger partial charge in [-0.15, -0.1) is 0 Å². The molecule has 0 fully saturated rings. The minimum atomic E-state index is -0.283. The minimum Gasteiger partial charge on any atom is -0.340 e. The number of carbonyl (C=O) groups excluding carboxylic acids is 2. The van der Waals surface area contributed by atoms with E-state index in [1.807, 2.05) is 18.2 Å². The van der Waals surface area contributed by atoms with Crippen molar-refractivity contribution in [2.75, 3.05) is 18.9 Å². The van der Waals surface area contributed by atoms with E-state index >= 15 is 0 Å². The first-order valence-electron chi connectivity index (χ1n) is 7.80. The molecule has 0 aliphatic rings.